The van der Waals surface area contributed by atoms with Gasteiger partial charge in [-0.25, -0.2) is 0 Å². The van der Waals surface area contributed by atoms with Crippen LogP contribution in [0, 0.1) is 5.41 Å². The Morgan fingerprint density at radius 1 is 1.69 bits per heavy atom. The number of hydrogen-bond acceptors (Lipinski definition) is 2. The summed E-state index contributed by atoms with van der Waals surface area (Å²) in [6, 6.07) is 0. The minimum atomic E-state index is -0.109. The van der Waals surface area contributed by atoms with Crippen molar-refractivity contribution < 1.29 is 5.11 Å². The molecule has 1 atom stereocenters. The van der Waals surface area contributed by atoms with Crippen molar-refractivity contribution in [3.8, 4) is 0 Å². The highest BCUT2D eigenvalue weighted by Gasteiger charge is 2.63. The van der Waals surface area contributed by atoms with E-state index in [2.05, 4.69) is 40.0 Å². The second kappa shape index (κ2) is 2.58. The fourth-order valence-corrected chi connectivity index (χ4v) is 2.66. The molecule has 4 heteroatoms. The van der Waals surface area contributed by atoms with Crippen LogP contribution in [0.4, 0.5) is 0 Å². The Labute approximate surface area is 85.7 Å². The Hall–Kier alpha value is -0.350. The molecule has 1 saturated carbocycles. The van der Waals surface area contributed by atoms with E-state index in [1.165, 1.54) is 0 Å². The molecule has 13 heavy (non-hydrogen) atoms. The molecular formula is C9H13BrN2O. The molecule has 0 amide bonds. The number of aliphatic hydroxyl groups is 1. The van der Waals surface area contributed by atoms with Crippen molar-refractivity contribution in [2.45, 2.75) is 25.7 Å². The van der Waals surface area contributed by atoms with Crippen LogP contribution in [0.15, 0.2) is 10.7 Å². The van der Waals surface area contributed by atoms with Crippen molar-refractivity contribution >= 4 is 15.9 Å². The second-order valence-electron chi connectivity index (χ2n) is 4.39. The predicted molar refractivity (Wildman–Crippen MR) is 53.4 cm³/mol. The number of aromatic amines is 1. The molecule has 0 spiro atoms. The van der Waals surface area contributed by atoms with E-state index in [0.717, 1.165) is 16.6 Å². The molecule has 2 rings (SSSR count). The molecule has 2 N–H and O–H groups in total. The first-order valence-corrected chi connectivity index (χ1v) is 5.13. The van der Waals surface area contributed by atoms with Gasteiger partial charge in [0, 0.05) is 5.41 Å². The SMILES string of the molecule is CC1(C)CC1(CO)c1[nH]ncc1Br. The zero-order valence-corrected chi connectivity index (χ0v) is 9.35. The topological polar surface area (TPSA) is 48.9 Å². The molecule has 1 heterocycles. The van der Waals surface area contributed by atoms with Crippen molar-refractivity contribution in [3.63, 3.8) is 0 Å². The van der Waals surface area contributed by atoms with Gasteiger partial charge in [0.05, 0.1) is 23.0 Å². The molecule has 1 aliphatic rings. The summed E-state index contributed by atoms with van der Waals surface area (Å²) < 4.78 is 0.965. The highest BCUT2D eigenvalue weighted by Crippen LogP contribution is 2.64. The zero-order valence-electron chi connectivity index (χ0n) is 7.76. The molecule has 72 valence electrons. The molecule has 1 fully saturated rings. The summed E-state index contributed by atoms with van der Waals surface area (Å²) in [4.78, 5) is 0. The van der Waals surface area contributed by atoms with Gasteiger partial charge in [-0.05, 0) is 27.8 Å². The van der Waals surface area contributed by atoms with Gasteiger partial charge in [0.1, 0.15) is 0 Å². The molecule has 1 unspecified atom stereocenters. The van der Waals surface area contributed by atoms with E-state index in [4.69, 9.17) is 0 Å². The molecule has 1 aromatic rings. The van der Waals surface area contributed by atoms with Gasteiger partial charge < -0.3 is 5.11 Å². The van der Waals surface area contributed by atoms with E-state index < -0.39 is 0 Å². The van der Waals surface area contributed by atoms with Crippen LogP contribution in [0.1, 0.15) is 26.0 Å². The molecule has 0 bridgehead atoms. The maximum absolute atomic E-state index is 9.42. The Balaban J connectivity index is 2.41. The highest BCUT2D eigenvalue weighted by molar-refractivity contribution is 9.10. The summed E-state index contributed by atoms with van der Waals surface area (Å²) >= 11 is 3.43. The van der Waals surface area contributed by atoms with Gasteiger partial charge in [0.2, 0.25) is 0 Å². The van der Waals surface area contributed by atoms with E-state index in [1.807, 2.05) is 0 Å². The zero-order chi connectivity index (χ0) is 9.69. The summed E-state index contributed by atoms with van der Waals surface area (Å²) in [5, 5.41) is 16.3. The number of aliphatic hydroxyl groups excluding tert-OH is 1. The van der Waals surface area contributed by atoms with E-state index in [-0.39, 0.29) is 17.4 Å². The van der Waals surface area contributed by atoms with Crippen molar-refractivity contribution in [3.05, 3.63) is 16.4 Å². The van der Waals surface area contributed by atoms with E-state index in [9.17, 15) is 5.11 Å². The first-order valence-electron chi connectivity index (χ1n) is 4.34. The maximum Gasteiger partial charge on any atom is 0.0632 e. The number of hydrogen-bond donors (Lipinski definition) is 2. The van der Waals surface area contributed by atoms with Gasteiger partial charge in [0.15, 0.2) is 0 Å². The molecule has 0 aromatic carbocycles. The first-order chi connectivity index (χ1) is 6.03. The predicted octanol–water partition coefficient (Wildman–Crippen LogP) is 1.83. The largest absolute Gasteiger partial charge is 0.395 e. The van der Waals surface area contributed by atoms with Crippen LogP contribution in [0.2, 0.25) is 0 Å². The Morgan fingerprint density at radius 2 is 2.31 bits per heavy atom. The van der Waals surface area contributed by atoms with E-state index >= 15 is 0 Å². The number of H-pyrrole nitrogens is 1. The Bertz CT molecular complexity index is 334. The minimum Gasteiger partial charge on any atom is -0.395 e. The van der Waals surface area contributed by atoms with Crippen LogP contribution < -0.4 is 0 Å². The van der Waals surface area contributed by atoms with Crippen LogP contribution in [0.25, 0.3) is 0 Å². The quantitative estimate of drug-likeness (QED) is 0.835. The smallest absolute Gasteiger partial charge is 0.0632 e. The standard InChI is InChI=1S/C9H13BrN2O/c1-8(2)4-9(8,5-13)7-6(10)3-11-12-7/h3,13H,4-5H2,1-2H3,(H,11,12). The Morgan fingerprint density at radius 3 is 2.62 bits per heavy atom. The summed E-state index contributed by atoms with van der Waals surface area (Å²) in [5.41, 5.74) is 1.10. The fourth-order valence-electron chi connectivity index (χ4n) is 2.09. The van der Waals surface area contributed by atoms with Gasteiger partial charge in [-0.2, -0.15) is 5.10 Å². The first kappa shape index (κ1) is 9.21. The van der Waals surface area contributed by atoms with Crippen LogP contribution in [0.5, 0.6) is 0 Å². The number of rotatable bonds is 2. The lowest BCUT2D eigenvalue weighted by Crippen LogP contribution is -2.20. The number of halogens is 1. The number of nitrogens with zero attached hydrogens (tertiary/aromatic N) is 1. The van der Waals surface area contributed by atoms with Gasteiger partial charge in [-0.15, -0.1) is 0 Å². The fraction of sp³-hybridized carbons (Fsp3) is 0.667. The third-order valence-electron chi connectivity index (χ3n) is 3.26. The third kappa shape index (κ3) is 1.08. The maximum atomic E-state index is 9.42. The average Bonchev–Trinajstić information content (AvgIpc) is 2.43. The molecule has 1 aromatic heterocycles. The molecule has 3 nitrogen and oxygen atoms in total. The molecular weight excluding hydrogens is 232 g/mol. The van der Waals surface area contributed by atoms with Gasteiger partial charge >= 0.3 is 0 Å². The van der Waals surface area contributed by atoms with Crippen LogP contribution in [-0.2, 0) is 5.41 Å². The lowest BCUT2D eigenvalue weighted by molar-refractivity contribution is 0.228. The van der Waals surface area contributed by atoms with Crippen molar-refractivity contribution in [1.82, 2.24) is 10.2 Å². The van der Waals surface area contributed by atoms with Gasteiger partial charge in [0.25, 0.3) is 0 Å². The summed E-state index contributed by atoms with van der Waals surface area (Å²) in [6.45, 7) is 4.51. The number of aromatic nitrogens is 2. The van der Waals surface area contributed by atoms with E-state index in [1.54, 1.807) is 6.20 Å². The Kier molecular flexibility index (Phi) is 1.83. The van der Waals surface area contributed by atoms with Gasteiger partial charge in [-0.3, -0.25) is 5.10 Å². The van der Waals surface area contributed by atoms with E-state index in [0.29, 0.717) is 0 Å². The van der Waals surface area contributed by atoms with Crippen LogP contribution in [-0.4, -0.2) is 21.9 Å². The van der Waals surface area contributed by atoms with Crippen molar-refractivity contribution in [1.29, 1.82) is 0 Å². The highest BCUT2D eigenvalue weighted by atomic mass is 79.9. The lowest BCUT2D eigenvalue weighted by Gasteiger charge is -2.16. The normalized spacial score (nSPS) is 30.5. The second-order valence-corrected chi connectivity index (χ2v) is 5.25. The monoisotopic (exact) mass is 244 g/mol. The summed E-state index contributed by atoms with van der Waals surface area (Å²) in [5.74, 6) is 0. The minimum absolute atomic E-state index is 0.109. The summed E-state index contributed by atoms with van der Waals surface area (Å²) in [7, 11) is 0. The molecule has 0 saturated heterocycles. The van der Waals surface area contributed by atoms with Crippen molar-refractivity contribution in [2.75, 3.05) is 6.61 Å². The molecule has 1 aliphatic carbocycles. The van der Waals surface area contributed by atoms with Crippen LogP contribution in [0.3, 0.4) is 0 Å². The molecule has 0 radical (unpaired) electrons. The lowest BCUT2D eigenvalue weighted by atomic mass is 9.93. The number of nitrogens with one attached hydrogen (secondary N) is 1. The molecule has 0 aliphatic heterocycles. The third-order valence-corrected chi connectivity index (χ3v) is 3.86. The van der Waals surface area contributed by atoms with Crippen LogP contribution >= 0.6 is 15.9 Å². The van der Waals surface area contributed by atoms with Crippen molar-refractivity contribution in [2.24, 2.45) is 5.41 Å². The summed E-state index contributed by atoms with van der Waals surface area (Å²) in [6.07, 6.45) is 2.75. The average molecular weight is 245 g/mol. The van der Waals surface area contributed by atoms with Gasteiger partial charge in [-0.1, -0.05) is 13.8 Å².